The second-order valence-corrected chi connectivity index (χ2v) is 7.50. The van der Waals surface area contributed by atoms with Gasteiger partial charge in [0.05, 0.1) is 6.10 Å². The minimum Gasteiger partial charge on any atom is -0.377 e. The summed E-state index contributed by atoms with van der Waals surface area (Å²) < 4.78 is 6.01. The first-order valence-electron chi connectivity index (χ1n) is 9.44. The molecular formula is C20H30IN3O. The molecule has 2 N–H and O–H groups in total. The number of nitrogens with one attached hydrogen (secondary N) is 2. The zero-order valence-corrected chi connectivity index (χ0v) is 17.6. The second-order valence-electron chi connectivity index (χ2n) is 7.50. The molecule has 3 atom stereocenters. The van der Waals surface area contributed by atoms with Crippen LogP contribution in [0.4, 0.5) is 0 Å². The van der Waals surface area contributed by atoms with Crippen molar-refractivity contribution in [3.8, 4) is 0 Å². The lowest BCUT2D eigenvalue weighted by Crippen LogP contribution is -2.72. The maximum Gasteiger partial charge on any atom is 0.191 e. The van der Waals surface area contributed by atoms with Crippen molar-refractivity contribution in [3.05, 3.63) is 35.4 Å². The number of benzene rings is 1. The Morgan fingerprint density at radius 1 is 1.28 bits per heavy atom. The largest absolute Gasteiger partial charge is 0.377 e. The average molecular weight is 455 g/mol. The van der Waals surface area contributed by atoms with Gasteiger partial charge in [0.25, 0.3) is 0 Å². The highest BCUT2D eigenvalue weighted by Crippen LogP contribution is 2.62. The van der Waals surface area contributed by atoms with Crippen molar-refractivity contribution in [3.63, 3.8) is 0 Å². The molecule has 25 heavy (non-hydrogen) atoms. The van der Waals surface area contributed by atoms with Crippen LogP contribution in [0.15, 0.2) is 29.3 Å². The molecule has 3 fully saturated rings. The molecule has 0 aromatic heterocycles. The lowest BCUT2D eigenvalue weighted by Gasteiger charge is -2.63. The Labute approximate surface area is 168 Å². The number of aliphatic imine (C=N–C) groups is 1. The highest BCUT2D eigenvalue weighted by Gasteiger charge is 2.66. The van der Waals surface area contributed by atoms with Gasteiger partial charge in [-0.05, 0) is 36.8 Å². The van der Waals surface area contributed by atoms with Crippen LogP contribution in [0.1, 0.15) is 43.7 Å². The number of rotatable bonds is 4. The van der Waals surface area contributed by atoms with E-state index in [-0.39, 0.29) is 24.0 Å². The lowest BCUT2D eigenvalue weighted by molar-refractivity contribution is -0.171. The predicted octanol–water partition coefficient (Wildman–Crippen LogP) is 3.49. The molecule has 1 aromatic carbocycles. The van der Waals surface area contributed by atoms with Crippen molar-refractivity contribution >= 4 is 29.9 Å². The molecule has 138 valence electrons. The van der Waals surface area contributed by atoms with Crippen molar-refractivity contribution in [2.75, 3.05) is 13.7 Å². The Hall–Kier alpha value is -0.820. The monoisotopic (exact) mass is 455 g/mol. The molecule has 0 amide bonds. The Kier molecular flexibility index (Phi) is 5.93. The maximum absolute atomic E-state index is 6.01. The van der Waals surface area contributed by atoms with Gasteiger partial charge >= 0.3 is 0 Å². The van der Waals surface area contributed by atoms with Gasteiger partial charge < -0.3 is 15.4 Å². The van der Waals surface area contributed by atoms with Crippen LogP contribution >= 0.6 is 24.0 Å². The normalized spacial score (nSPS) is 29.2. The van der Waals surface area contributed by atoms with Gasteiger partial charge in [-0.1, -0.05) is 37.6 Å². The number of hydrogen-bond donors (Lipinski definition) is 2. The molecular weight excluding hydrogens is 425 g/mol. The maximum atomic E-state index is 6.01. The summed E-state index contributed by atoms with van der Waals surface area (Å²) in [6.45, 7) is 3.97. The van der Waals surface area contributed by atoms with Gasteiger partial charge in [0, 0.05) is 37.6 Å². The van der Waals surface area contributed by atoms with E-state index >= 15 is 0 Å². The van der Waals surface area contributed by atoms with Gasteiger partial charge in [-0.15, -0.1) is 24.0 Å². The minimum absolute atomic E-state index is 0. The number of ether oxygens (including phenoxy) is 1. The fraction of sp³-hybridized carbons (Fsp3) is 0.650. The van der Waals surface area contributed by atoms with Crippen LogP contribution in [0.2, 0.25) is 0 Å². The molecule has 0 bridgehead atoms. The van der Waals surface area contributed by atoms with E-state index < -0.39 is 0 Å². The number of halogens is 1. The highest BCUT2D eigenvalue weighted by molar-refractivity contribution is 14.0. The number of fused-ring (bicyclic) bond motifs is 2. The lowest BCUT2D eigenvalue weighted by atomic mass is 9.46. The van der Waals surface area contributed by atoms with Gasteiger partial charge in [0.15, 0.2) is 5.96 Å². The SMILES string of the molecule is CCc1ccccc1CNC(=NC)NC1C2CCOC2C12CCC2.I. The number of guanidine groups is 1. The first-order chi connectivity index (χ1) is 11.8. The Balaban J connectivity index is 0.00000182. The van der Waals surface area contributed by atoms with E-state index in [4.69, 9.17) is 4.74 Å². The van der Waals surface area contributed by atoms with Crippen molar-refractivity contribution in [2.24, 2.45) is 16.3 Å². The Morgan fingerprint density at radius 3 is 2.68 bits per heavy atom. The minimum atomic E-state index is 0. The van der Waals surface area contributed by atoms with Crippen LogP contribution in [0.3, 0.4) is 0 Å². The quantitative estimate of drug-likeness (QED) is 0.415. The molecule has 3 unspecified atom stereocenters. The summed E-state index contributed by atoms with van der Waals surface area (Å²) in [4.78, 5) is 4.47. The summed E-state index contributed by atoms with van der Waals surface area (Å²) >= 11 is 0. The van der Waals surface area contributed by atoms with E-state index in [2.05, 4.69) is 46.8 Å². The molecule has 0 radical (unpaired) electrons. The molecule has 3 aliphatic rings. The van der Waals surface area contributed by atoms with Crippen LogP contribution in [0, 0.1) is 11.3 Å². The van der Waals surface area contributed by atoms with E-state index in [1.165, 1.54) is 36.8 Å². The average Bonchev–Trinajstić information content (AvgIpc) is 2.99. The third kappa shape index (κ3) is 3.18. The first kappa shape index (κ1) is 19.0. The molecule has 1 aliphatic heterocycles. The van der Waals surface area contributed by atoms with Crippen molar-refractivity contribution in [1.82, 2.24) is 10.6 Å². The van der Waals surface area contributed by atoms with Crippen LogP contribution in [0.5, 0.6) is 0 Å². The first-order valence-corrected chi connectivity index (χ1v) is 9.44. The summed E-state index contributed by atoms with van der Waals surface area (Å²) in [5.41, 5.74) is 3.15. The van der Waals surface area contributed by atoms with E-state index in [9.17, 15) is 0 Å². The van der Waals surface area contributed by atoms with Crippen molar-refractivity contribution in [2.45, 2.75) is 57.7 Å². The molecule has 1 spiro atoms. The zero-order valence-electron chi connectivity index (χ0n) is 15.3. The smallest absolute Gasteiger partial charge is 0.191 e. The summed E-state index contributed by atoms with van der Waals surface area (Å²) in [7, 11) is 1.87. The van der Waals surface area contributed by atoms with Gasteiger partial charge in [0.2, 0.25) is 0 Å². The summed E-state index contributed by atoms with van der Waals surface area (Å²) in [5.74, 6) is 1.61. The third-order valence-corrected chi connectivity index (χ3v) is 6.50. The van der Waals surface area contributed by atoms with Gasteiger partial charge in [-0.25, -0.2) is 0 Å². The van der Waals surface area contributed by atoms with Crippen LogP contribution in [-0.2, 0) is 17.7 Å². The van der Waals surface area contributed by atoms with E-state index in [1.807, 2.05) is 7.05 Å². The van der Waals surface area contributed by atoms with E-state index in [0.29, 0.717) is 23.5 Å². The Bertz CT molecular complexity index is 629. The molecule has 1 aromatic rings. The van der Waals surface area contributed by atoms with Crippen LogP contribution < -0.4 is 10.6 Å². The van der Waals surface area contributed by atoms with Crippen molar-refractivity contribution < 1.29 is 4.74 Å². The summed E-state index contributed by atoms with van der Waals surface area (Å²) in [6.07, 6.45) is 6.72. The molecule has 2 aliphatic carbocycles. The third-order valence-electron chi connectivity index (χ3n) is 6.50. The molecule has 5 heteroatoms. The topological polar surface area (TPSA) is 45.7 Å². The number of hydrogen-bond acceptors (Lipinski definition) is 2. The summed E-state index contributed by atoms with van der Waals surface area (Å²) in [5, 5.41) is 7.26. The van der Waals surface area contributed by atoms with Gasteiger partial charge in [-0.3, -0.25) is 4.99 Å². The standard InChI is InChI=1S/C20H29N3O.HI/c1-3-14-7-4-5-8-15(14)13-22-19(21-2)23-17-16-9-12-24-18(16)20(17)10-6-11-20;/h4-5,7-8,16-18H,3,6,9-13H2,1-2H3,(H2,21,22,23);1H. The number of aryl methyl sites for hydroxylation is 1. The highest BCUT2D eigenvalue weighted by atomic mass is 127. The second kappa shape index (κ2) is 7.82. The number of nitrogens with zero attached hydrogens (tertiary/aromatic N) is 1. The molecule has 4 rings (SSSR count). The van der Waals surface area contributed by atoms with E-state index in [0.717, 1.165) is 25.5 Å². The van der Waals surface area contributed by atoms with Crippen LogP contribution in [0.25, 0.3) is 0 Å². The predicted molar refractivity (Wildman–Crippen MR) is 112 cm³/mol. The Morgan fingerprint density at radius 2 is 2.04 bits per heavy atom. The van der Waals surface area contributed by atoms with Gasteiger partial charge in [-0.2, -0.15) is 0 Å². The van der Waals surface area contributed by atoms with Crippen molar-refractivity contribution in [1.29, 1.82) is 0 Å². The fourth-order valence-electron chi connectivity index (χ4n) is 5.05. The van der Waals surface area contributed by atoms with Crippen LogP contribution in [-0.4, -0.2) is 31.8 Å². The van der Waals surface area contributed by atoms with E-state index in [1.54, 1.807) is 0 Å². The zero-order chi connectivity index (χ0) is 16.6. The molecule has 4 nitrogen and oxygen atoms in total. The van der Waals surface area contributed by atoms with Gasteiger partial charge in [0.1, 0.15) is 0 Å². The molecule has 1 heterocycles. The summed E-state index contributed by atoms with van der Waals surface area (Å²) in [6, 6.07) is 9.18. The fourth-order valence-corrected chi connectivity index (χ4v) is 5.05. The molecule has 2 saturated carbocycles. The molecule has 1 saturated heterocycles.